The summed E-state index contributed by atoms with van der Waals surface area (Å²) < 4.78 is 0. The minimum atomic E-state index is -0.0371. The zero-order chi connectivity index (χ0) is 24.5. The molecule has 0 bridgehead atoms. The first-order valence-corrected chi connectivity index (χ1v) is 13.7. The van der Waals surface area contributed by atoms with Crippen LogP contribution in [0.15, 0.2) is 53.2 Å². The van der Waals surface area contributed by atoms with E-state index in [1.807, 2.05) is 30.3 Å². The van der Waals surface area contributed by atoms with Crippen LogP contribution in [0.4, 0.5) is 0 Å². The van der Waals surface area contributed by atoms with Gasteiger partial charge in [-0.2, -0.15) is 5.10 Å². The first-order valence-electron chi connectivity index (χ1n) is 13.3. The van der Waals surface area contributed by atoms with Gasteiger partial charge in [0.15, 0.2) is 5.78 Å². The number of carbonyl (C=O) groups excluding carboxylic acids is 2. The van der Waals surface area contributed by atoms with Crippen molar-refractivity contribution in [2.24, 2.45) is 39.6 Å². The Morgan fingerprint density at radius 1 is 1.09 bits per heavy atom. The average Bonchev–Trinajstić information content (AvgIpc) is 3.41. The molecule has 1 aliphatic heterocycles. The number of amides is 1. The van der Waals surface area contributed by atoms with E-state index in [9.17, 15) is 9.59 Å². The number of allylic oxidation sites excluding steroid dienone is 4. The van der Waals surface area contributed by atoms with E-state index >= 15 is 0 Å². The van der Waals surface area contributed by atoms with Crippen molar-refractivity contribution < 1.29 is 9.59 Å². The summed E-state index contributed by atoms with van der Waals surface area (Å²) in [5.41, 5.74) is 3.93. The van der Waals surface area contributed by atoms with Crippen LogP contribution in [0.25, 0.3) is 0 Å². The number of nitrogens with zero attached hydrogens (tertiary/aromatic N) is 2. The molecule has 0 aromatic heterocycles. The van der Waals surface area contributed by atoms with E-state index in [2.05, 4.69) is 19.9 Å². The molecule has 0 N–H and O–H groups in total. The van der Waals surface area contributed by atoms with Crippen LogP contribution in [-0.2, 0) is 9.59 Å². The Labute approximate surface area is 213 Å². The van der Waals surface area contributed by atoms with Gasteiger partial charge in [-0.1, -0.05) is 49.2 Å². The molecule has 184 valence electrons. The molecule has 5 aliphatic rings. The molecule has 0 saturated heterocycles. The summed E-state index contributed by atoms with van der Waals surface area (Å²) in [6, 6.07) is 7.83. The number of ketones is 1. The van der Waals surface area contributed by atoms with Crippen molar-refractivity contribution in [3.8, 4) is 0 Å². The average molecular weight is 491 g/mol. The molecule has 1 amide bonds. The van der Waals surface area contributed by atoms with Crippen LogP contribution >= 0.6 is 11.6 Å². The molecule has 5 heteroatoms. The number of hydrogen-bond acceptors (Lipinski definition) is 3. The van der Waals surface area contributed by atoms with Gasteiger partial charge in [0.05, 0.1) is 6.04 Å². The van der Waals surface area contributed by atoms with Gasteiger partial charge in [-0.05, 0) is 91.5 Å². The first-order chi connectivity index (χ1) is 16.7. The summed E-state index contributed by atoms with van der Waals surface area (Å²) in [7, 11) is 0. The van der Waals surface area contributed by atoms with Crippen LogP contribution in [0.2, 0.25) is 5.02 Å². The molecular weight excluding hydrogens is 456 g/mol. The quantitative estimate of drug-likeness (QED) is 0.452. The number of hydrazone groups is 1. The highest BCUT2D eigenvalue weighted by atomic mass is 35.5. The first kappa shape index (κ1) is 23.2. The molecule has 35 heavy (non-hydrogen) atoms. The third kappa shape index (κ3) is 3.50. The normalized spacial score (nSPS) is 40.1. The number of benzene rings is 1. The highest BCUT2D eigenvalue weighted by Gasteiger charge is 2.59. The summed E-state index contributed by atoms with van der Waals surface area (Å²) >= 11 is 6.13. The fourth-order valence-electron chi connectivity index (χ4n) is 8.72. The molecule has 7 atom stereocenters. The van der Waals surface area contributed by atoms with Gasteiger partial charge in [-0.15, -0.1) is 0 Å². The predicted octanol–water partition coefficient (Wildman–Crippen LogP) is 6.91. The summed E-state index contributed by atoms with van der Waals surface area (Å²) in [6.45, 7) is 6.50. The monoisotopic (exact) mass is 490 g/mol. The van der Waals surface area contributed by atoms with Crippen LogP contribution in [-0.4, -0.2) is 22.4 Å². The van der Waals surface area contributed by atoms with Gasteiger partial charge in [0, 0.05) is 35.4 Å². The van der Waals surface area contributed by atoms with E-state index in [4.69, 9.17) is 16.7 Å². The molecule has 1 aromatic rings. The second-order valence-electron chi connectivity index (χ2n) is 12.0. The molecular formula is C30H35ClN2O2. The van der Waals surface area contributed by atoms with Gasteiger partial charge < -0.3 is 0 Å². The maximum absolute atomic E-state index is 12.6. The topological polar surface area (TPSA) is 49.7 Å². The smallest absolute Gasteiger partial charge is 0.240 e. The number of rotatable bonds is 2. The Hall–Kier alpha value is -2.20. The van der Waals surface area contributed by atoms with Crippen LogP contribution < -0.4 is 0 Å². The zero-order valence-electron chi connectivity index (χ0n) is 21.0. The van der Waals surface area contributed by atoms with Crippen molar-refractivity contribution >= 4 is 29.0 Å². The Bertz CT molecular complexity index is 1170. The summed E-state index contributed by atoms with van der Waals surface area (Å²) in [5, 5.41) is 7.41. The van der Waals surface area contributed by atoms with E-state index in [0.29, 0.717) is 28.7 Å². The number of fused-ring (bicyclic) bond motifs is 5. The van der Waals surface area contributed by atoms with Crippen LogP contribution in [0, 0.1) is 34.5 Å². The SMILES string of the molecule is CC(=O)N1N=C([C@H]2CC[C@H]3[C@@H]4CCC5=CC(=O)C=C[C@]5(C)[C@H]4CC[C@]23C)CC1c1ccc(Cl)cc1. The molecule has 4 aliphatic carbocycles. The molecule has 1 unspecified atom stereocenters. The molecule has 0 spiro atoms. The van der Waals surface area contributed by atoms with Crippen molar-refractivity contribution in [1.29, 1.82) is 0 Å². The Kier molecular flexibility index (Phi) is 5.41. The van der Waals surface area contributed by atoms with Crippen molar-refractivity contribution in [3.05, 3.63) is 58.7 Å². The van der Waals surface area contributed by atoms with Crippen molar-refractivity contribution in [2.45, 2.75) is 71.8 Å². The summed E-state index contributed by atoms with van der Waals surface area (Å²) in [6.07, 6.45) is 13.8. The molecule has 6 rings (SSSR count). The van der Waals surface area contributed by atoms with Gasteiger partial charge in [0.1, 0.15) is 0 Å². The van der Waals surface area contributed by atoms with Crippen LogP contribution in [0.1, 0.15) is 77.3 Å². The molecule has 1 heterocycles. The highest BCUT2D eigenvalue weighted by molar-refractivity contribution is 6.30. The largest absolute Gasteiger partial charge is 0.290 e. The number of hydrogen-bond donors (Lipinski definition) is 0. The van der Waals surface area contributed by atoms with Gasteiger partial charge in [-0.25, -0.2) is 5.01 Å². The number of halogens is 1. The summed E-state index contributed by atoms with van der Waals surface area (Å²) in [4.78, 5) is 24.6. The minimum absolute atomic E-state index is 0.00140. The molecule has 4 nitrogen and oxygen atoms in total. The fourth-order valence-corrected chi connectivity index (χ4v) is 8.85. The third-order valence-electron chi connectivity index (χ3n) is 10.5. The highest BCUT2D eigenvalue weighted by Crippen LogP contribution is 2.66. The summed E-state index contributed by atoms with van der Waals surface area (Å²) in [5.74, 6) is 2.57. The van der Waals surface area contributed by atoms with Gasteiger partial charge in [-0.3, -0.25) is 9.59 Å². The Balaban J connectivity index is 1.27. The van der Waals surface area contributed by atoms with E-state index in [1.165, 1.54) is 37.0 Å². The van der Waals surface area contributed by atoms with E-state index < -0.39 is 0 Å². The van der Waals surface area contributed by atoms with Crippen molar-refractivity contribution in [3.63, 3.8) is 0 Å². The van der Waals surface area contributed by atoms with Crippen LogP contribution in [0.3, 0.4) is 0 Å². The second-order valence-corrected chi connectivity index (χ2v) is 12.4. The van der Waals surface area contributed by atoms with Crippen molar-refractivity contribution in [1.82, 2.24) is 5.01 Å². The lowest BCUT2D eigenvalue weighted by Gasteiger charge is -2.57. The molecule has 3 saturated carbocycles. The van der Waals surface area contributed by atoms with Gasteiger partial charge in [0.2, 0.25) is 5.91 Å². The van der Waals surface area contributed by atoms with E-state index in [0.717, 1.165) is 24.8 Å². The number of carbonyl (C=O) groups is 2. The van der Waals surface area contributed by atoms with Gasteiger partial charge >= 0.3 is 0 Å². The zero-order valence-corrected chi connectivity index (χ0v) is 21.7. The molecule has 1 aromatic carbocycles. The second kappa shape index (κ2) is 8.16. The fraction of sp³-hybridized carbons (Fsp3) is 0.567. The standard InChI is InChI=1S/C30H35ClN2O2/c1-18(34)33-28(19-4-7-21(31)8-5-19)17-27(32-33)26-11-10-24-23-9-6-20-16-22(35)12-14-29(20,2)25(23)13-15-30(24,26)3/h4-5,7-8,12,14,16,23-26,28H,6,9-11,13,15,17H2,1-3H3/t23-,24-,25-,26+,28?,29-,30-/m0/s1. The van der Waals surface area contributed by atoms with Crippen molar-refractivity contribution in [2.75, 3.05) is 0 Å². The van der Waals surface area contributed by atoms with E-state index in [-0.39, 0.29) is 28.6 Å². The molecule has 0 radical (unpaired) electrons. The third-order valence-corrected chi connectivity index (χ3v) is 10.7. The minimum Gasteiger partial charge on any atom is -0.290 e. The lowest BCUT2D eigenvalue weighted by Crippen LogP contribution is -2.50. The Morgan fingerprint density at radius 2 is 1.86 bits per heavy atom. The lowest BCUT2D eigenvalue weighted by molar-refractivity contribution is -0.130. The van der Waals surface area contributed by atoms with Gasteiger partial charge in [0.25, 0.3) is 0 Å². The maximum atomic E-state index is 12.6. The van der Waals surface area contributed by atoms with Crippen LogP contribution in [0.5, 0.6) is 0 Å². The van der Waals surface area contributed by atoms with E-state index in [1.54, 1.807) is 18.0 Å². The Morgan fingerprint density at radius 3 is 2.60 bits per heavy atom. The maximum Gasteiger partial charge on any atom is 0.240 e. The molecule has 3 fully saturated rings. The lowest BCUT2D eigenvalue weighted by atomic mass is 9.47. The predicted molar refractivity (Wildman–Crippen MR) is 139 cm³/mol.